The minimum Gasteiger partial charge on any atom is -0.497 e. The molecule has 5 heteroatoms. The van der Waals surface area contributed by atoms with Crippen LogP contribution in [0.2, 0.25) is 0 Å². The molecule has 1 saturated heterocycles. The second-order valence-corrected chi connectivity index (χ2v) is 5.84. The molecular formula is C16H22N2O3. The highest BCUT2D eigenvalue weighted by molar-refractivity contribution is 5.99. The first kappa shape index (κ1) is 15.4. The van der Waals surface area contributed by atoms with E-state index in [1.54, 1.807) is 32.8 Å². The molecule has 21 heavy (non-hydrogen) atoms. The van der Waals surface area contributed by atoms with E-state index < -0.39 is 11.6 Å². The van der Waals surface area contributed by atoms with Crippen molar-refractivity contribution in [2.75, 3.05) is 13.7 Å². The normalized spacial score (nSPS) is 21.1. The number of carbonyl (C=O) groups excluding carboxylic acids is 2. The Hall–Kier alpha value is -2.04. The highest BCUT2D eigenvalue weighted by atomic mass is 16.5. The Labute approximate surface area is 125 Å². The van der Waals surface area contributed by atoms with Gasteiger partial charge >= 0.3 is 0 Å². The molecule has 0 spiro atoms. The van der Waals surface area contributed by atoms with E-state index in [0.29, 0.717) is 13.0 Å². The van der Waals surface area contributed by atoms with Gasteiger partial charge in [-0.3, -0.25) is 9.59 Å². The predicted molar refractivity (Wildman–Crippen MR) is 80.1 cm³/mol. The molecule has 0 aliphatic carbocycles. The lowest BCUT2D eigenvalue weighted by Crippen LogP contribution is -2.67. The van der Waals surface area contributed by atoms with Crippen molar-refractivity contribution >= 4 is 11.8 Å². The Morgan fingerprint density at radius 2 is 1.86 bits per heavy atom. The number of nitrogens with zero attached hydrogens (tertiary/aromatic N) is 1. The van der Waals surface area contributed by atoms with Gasteiger partial charge in [0.05, 0.1) is 7.11 Å². The number of piperazine rings is 1. The third kappa shape index (κ3) is 3.01. The van der Waals surface area contributed by atoms with E-state index in [0.717, 1.165) is 11.3 Å². The van der Waals surface area contributed by atoms with E-state index in [9.17, 15) is 9.59 Å². The maximum atomic E-state index is 12.3. The summed E-state index contributed by atoms with van der Waals surface area (Å²) in [7, 11) is 1.63. The van der Waals surface area contributed by atoms with Gasteiger partial charge in [0.25, 0.3) is 0 Å². The van der Waals surface area contributed by atoms with Crippen LogP contribution in [0.1, 0.15) is 26.3 Å². The number of ether oxygens (including phenoxy) is 1. The SMILES string of the molecule is COc1ccc(CCN2C(=O)C(C)NC(=O)C2(C)C)cc1. The van der Waals surface area contributed by atoms with Gasteiger partial charge in [0, 0.05) is 6.54 Å². The van der Waals surface area contributed by atoms with Crippen molar-refractivity contribution in [3.05, 3.63) is 29.8 Å². The van der Waals surface area contributed by atoms with Crippen LogP contribution in [0.4, 0.5) is 0 Å². The maximum Gasteiger partial charge on any atom is 0.246 e. The Morgan fingerprint density at radius 3 is 2.43 bits per heavy atom. The van der Waals surface area contributed by atoms with Crippen molar-refractivity contribution in [2.24, 2.45) is 0 Å². The van der Waals surface area contributed by atoms with E-state index in [1.165, 1.54) is 0 Å². The molecule has 1 N–H and O–H groups in total. The van der Waals surface area contributed by atoms with E-state index >= 15 is 0 Å². The second kappa shape index (κ2) is 5.76. The molecule has 1 atom stereocenters. The van der Waals surface area contributed by atoms with Gasteiger partial charge in [-0.05, 0) is 44.9 Å². The molecule has 1 aromatic carbocycles. The van der Waals surface area contributed by atoms with Gasteiger partial charge in [0.2, 0.25) is 11.8 Å². The average Bonchev–Trinajstić information content (AvgIpc) is 2.46. The molecule has 0 radical (unpaired) electrons. The molecule has 5 nitrogen and oxygen atoms in total. The van der Waals surface area contributed by atoms with Crippen LogP contribution >= 0.6 is 0 Å². The largest absolute Gasteiger partial charge is 0.497 e. The van der Waals surface area contributed by atoms with Crippen molar-refractivity contribution in [3.8, 4) is 5.75 Å². The summed E-state index contributed by atoms with van der Waals surface area (Å²) in [6.45, 7) is 5.80. The van der Waals surface area contributed by atoms with Crippen LogP contribution in [0.5, 0.6) is 5.75 Å². The first-order chi connectivity index (χ1) is 9.86. The lowest BCUT2D eigenvalue weighted by molar-refractivity contribution is -0.154. The van der Waals surface area contributed by atoms with E-state index in [2.05, 4.69) is 5.32 Å². The summed E-state index contributed by atoms with van der Waals surface area (Å²) in [6, 6.07) is 7.29. The summed E-state index contributed by atoms with van der Waals surface area (Å²) in [5, 5.41) is 2.72. The van der Waals surface area contributed by atoms with Crippen LogP contribution in [0.15, 0.2) is 24.3 Å². The number of carbonyl (C=O) groups is 2. The first-order valence-corrected chi connectivity index (χ1v) is 7.11. The van der Waals surface area contributed by atoms with Crippen molar-refractivity contribution in [1.29, 1.82) is 0 Å². The molecule has 1 unspecified atom stereocenters. The molecule has 114 valence electrons. The molecule has 0 saturated carbocycles. The summed E-state index contributed by atoms with van der Waals surface area (Å²) in [4.78, 5) is 26.0. The zero-order valence-corrected chi connectivity index (χ0v) is 13.0. The average molecular weight is 290 g/mol. The second-order valence-electron chi connectivity index (χ2n) is 5.84. The van der Waals surface area contributed by atoms with E-state index in [-0.39, 0.29) is 11.8 Å². The molecular weight excluding hydrogens is 268 g/mol. The monoisotopic (exact) mass is 290 g/mol. The number of benzene rings is 1. The van der Waals surface area contributed by atoms with Crippen molar-refractivity contribution in [2.45, 2.75) is 38.8 Å². The van der Waals surface area contributed by atoms with Gasteiger partial charge in [0.15, 0.2) is 0 Å². The third-order valence-corrected chi connectivity index (χ3v) is 4.00. The Balaban J connectivity index is 2.08. The third-order valence-electron chi connectivity index (χ3n) is 4.00. The van der Waals surface area contributed by atoms with Crippen molar-refractivity contribution in [1.82, 2.24) is 10.2 Å². The summed E-state index contributed by atoms with van der Waals surface area (Å²) in [6.07, 6.45) is 0.708. The van der Waals surface area contributed by atoms with Gasteiger partial charge in [-0.15, -0.1) is 0 Å². The number of nitrogens with one attached hydrogen (secondary N) is 1. The Morgan fingerprint density at radius 1 is 1.24 bits per heavy atom. The molecule has 1 fully saturated rings. The molecule has 1 aliphatic rings. The Kier molecular flexibility index (Phi) is 4.21. The van der Waals surface area contributed by atoms with Crippen LogP contribution < -0.4 is 10.1 Å². The van der Waals surface area contributed by atoms with Crippen LogP contribution in [0.25, 0.3) is 0 Å². The number of hydrogen-bond donors (Lipinski definition) is 1. The zero-order chi connectivity index (χ0) is 15.6. The molecule has 2 amide bonds. The molecule has 0 bridgehead atoms. The highest BCUT2D eigenvalue weighted by Crippen LogP contribution is 2.22. The van der Waals surface area contributed by atoms with E-state index in [4.69, 9.17) is 4.74 Å². The van der Waals surface area contributed by atoms with Crippen molar-refractivity contribution in [3.63, 3.8) is 0 Å². The predicted octanol–water partition coefficient (Wildman–Crippen LogP) is 1.36. The number of methoxy groups -OCH3 is 1. The Bertz CT molecular complexity index is 537. The van der Waals surface area contributed by atoms with Gasteiger partial charge in [-0.2, -0.15) is 0 Å². The fraction of sp³-hybridized carbons (Fsp3) is 0.500. The molecule has 0 aromatic heterocycles. The summed E-state index contributed by atoms with van der Waals surface area (Å²) in [5.41, 5.74) is 0.300. The molecule has 1 aromatic rings. The fourth-order valence-corrected chi connectivity index (χ4v) is 2.49. The minimum absolute atomic E-state index is 0.0342. The summed E-state index contributed by atoms with van der Waals surface area (Å²) in [5.74, 6) is 0.665. The smallest absolute Gasteiger partial charge is 0.246 e. The summed E-state index contributed by atoms with van der Waals surface area (Å²) >= 11 is 0. The maximum absolute atomic E-state index is 12.3. The number of rotatable bonds is 4. The summed E-state index contributed by atoms with van der Waals surface area (Å²) < 4.78 is 5.12. The molecule has 1 aliphatic heterocycles. The fourth-order valence-electron chi connectivity index (χ4n) is 2.49. The van der Waals surface area contributed by atoms with Crippen LogP contribution in [-0.2, 0) is 16.0 Å². The lowest BCUT2D eigenvalue weighted by atomic mass is 9.95. The lowest BCUT2D eigenvalue weighted by Gasteiger charge is -2.43. The molecule has 2 rings (SSSR count). The van der Waals surface area contributed by atoms with Gasteiger partial charge in [-0.1, -0.05) is 12.1 Å². The molecule has 1 heterocycles. The van der Waals surface area contributed by atoms with Crippen LogP contribution in [-0.4, -0.2) is 41.9 Å². The quantitative estimate of drug-likeness (QED) is 0.911. The van der Waals surface area contributed by atoms with Crippen molar-refractivity contribution < 1.29 is 14.3 Å². The standard InChI is InChI=1S/C16H22N2O3/c1-11-14(19)18(16(2,3)15(20)17-11)10-9-12-5-7-13(21-4)8-6-12/h5-8,11H,9-10H2,1-4H3,(H,17,20). The zero-order valence-electron chi connectivity index (χ0n) is 13.0. The van der Waals surface area contributed by atoms with Gasteiger partial charge < -0.3 is 15.0 Å². The first-order valence-electron chi connectivity index (χ1n) is 7.11. The van der Waals surface area contributed by atoms with Gasteiger partial charge in [0.1, 0.15) is 17.3 Å². The topological polar surface area (TPSA) is 58.6 Å². The van der Waals surface area contributed by atoms with Crippen LogP contribution in [0, 0.1) is 0 Å². The van der Waals surface area contributed by atoms with Crippen LogP contribution in [0.3, 0.4) is 0 Å². The van der Waals surface area contributed by atoms with Gasteiger partial charge in [-0.25, -0.2) is 0 Å². The highest BCUT2D eigenvalue weighted by Gasteiger charge is 2.44. The number of amides is 2. The van der Waals surface area contributed by atoms with E-state index in [1.807, 2.05) is 24.3 Å². The minimum atomic E-state index is -0.809. The number of hydrogen-bond acceptors (Lipinski definition) is 3.